The summed E-state index contributed by atoms with van der Waals surface area (Å²) in [6, 6.07) is 19.1. The topological polar surface area (TPSA) is 85.4 Å². The normalized spacial score (nSPS) is 11.3. The van der Waals surface area contributed by atoms with E-state index in [1.165, 1.54) is 33.5 Å². The molecule has 1 unspecified atom stereocenters. The molecular formula is C29H32N2O6. The number of rotatable bonds is 12. The Balaban J connectivity index is 2.41. The molecule has 0 aromatic heterocycles. The van der Waals surface area contributed by atoms with Gasteiger partial charge in [0.2, 0.25) is 0 Å². The summed E-state index contributed by atoms with van der Waals surface area (Å²) in [6.45, 7) is 0.809. The molecule has 0 saturated carbocycles. The van der Waals surface area contributed by atoms with E-state index in [0.717, 1.165) is 11.1 Å². The standard InChI is InChI=1S/C29H32N2O6/c1-35-27(32)15-14-26(22-25-12-8-5-9-13-25)31(21-18-29(34)37-3)23-30(20-17-28(33)36-2)19-16-24-10-6-4-7-11-24/h4-13,17-18,20-21,26H,16,19,22-23H2,1-3H3/b20-17+,21-18+. The molecule has 37 heavy (non-hydrogen) atoms. The molecule has 0 aliphatic heterocycles. The highest BCUT2D eigenvalue weighted by Crippen LogP contribution is 2.12. The quantitative estimate of drug-likeness (QED) is 0.109. The molecule has 8 heteroatoms. The van der Waals surface area contributed by atoms with Gasteiger partial charge in [0, 0.05) is 43.4 Å². The number of methoxy groups -OCH3 is 3. The van der Waals surface area contributed by atoms with Gasteiger partial charge >= 0.3 is 17.9 Å². The number of hydrogen-bond acceptors (Lipinski definition) is 8. The number of esters is 3. The van der Waals surface area contributed by atoms with Crippen molar-refractivity contribution < 1.29 is 28.6 Å². The minimum Gasteiger partial charge on any atom is -0.466 e. The van der Waals surface area contributed by atoms with Gasteiger partial charge in [0.1, 0.15) is 0 Å². The van der Waals surface area contributed by atoms with Crippen LogP contribution in [0.4, 0.5) is 0 Å². The van der Waals surface area contributed by atoms with Gasteiger partial charge in [-0.25, -0.2) is 14.4 Å². The Bertz CT molecular complexity index is 1120. The first-order valence-corrected chi connectivity index (χ1v) is 11.6. The Morgan fingerprint density at radius 2 is 1.38 bits per heavy atom. The average molecular weight is 505 g/mol. The number of nitrogens with zero attached hydrogens (tertiary/aromatic N) is 2. The lowest BCUT2D eigenvalue weighted by Gasteiger charge is -2.33. The molecule has 2 rings (SSSR count). The molecule has 0 amide bonds. The van der Waals surface area contributed by atoms with Crippen LogP contribution in [0.15, 0.2) is 85.2 Å². The molecular weight excluding hydrogens is 472 g/mol. The SMILES string of the molecule is COC(=O)C#CC(Cc1ccccc1)N(/C=C/C(=O)OC)CN(/C=C/C(=O)OC)CCc1ccccc1. The Morgan fingerprint density at radius 1 is 0.811 bits per heavy atom. The van der Waals surface area contributed by atoms with E-state index in [1.807, 2.05) is 70.5 Å². The van der Waals surface area contributed by atoms with Gasteiger partial charge in [-0.1, -0.05) is 66.6 Å². The minimum absolute atomic E-state index is 0.251. The average Bonchev–Trinajstić information content (AvgIpc) is 2.94. The fourth-order valence-corrected chi connectivity index (χ4v) is 3.31. The second-order valence-corrected chi connectivity index (χ2v) is 7.85. The summed E-state index contributed by atoms with van der Waals surface area (Å²) in [4.78, 5) is 39.3. The molecule has 1 atom stereocenters. The van der Waals surface area contributed by atoms with Crippen LogP contribution in [0.3, 0.4) is 0 Å². The predicted molar refractivity (Wildman–Crippen MR) is 140 cm³/mol. The second kappa shape index (κ2) is 16.2. The molecule has 0 saturated heterocycles. The molecule has 2 aromatic rings. The highest BCUT2D eigenvalue weighted by molar-refractivity contribution is 5.88. The Kier molecular flexibility index (Phi) is 12.6. The third kappa shape index (κ3) is 11.2. The highest BCUT2D eigenvalue weighted by Gasteiger charge is 2.17. The van der Waals surface area contributed by atoms with Crippen LogP contribution in [-0.2, 0) is 41.4 Å². The zero-order valence-corrected chi connectivity index (χ0v) is 21.3. The van der Waals surface area contributed by atoms with Gasteiger partial charge in [0.15, 0.2) is 0 Å². The van der Waals surface area contributed by atoms with Gasteiger partial charge in [0.25, 0.3) is 0 Å². The maximum Gasteiger partial charge on any atom is 0.384 e. The van der Waals surface area contributed by atoms with Crippen molar-refractivity contribution in [3.05, 3.63) is 96.3 Å². The van der Waals surface area contributed by atoms with Gasteiger partial charge < -0.3 is 24.0 Å². The van der Waals surface area contributed by atoms with E-state index < -0.39 is 23.9 Å². The molecule has 0 aliphatic carbocycles. The lowest BCUT2D eigenvalue weighted by atomic mass is 10.1. The molecule has 0 fully saturated rings. The molecule has 194 valence electrons. The Hall–Kier alpha value is -4.51. The summed E-state index contributed by atoms with van der Waals surface area (Å²) >= 11 is 0. The van der Waals surface area contributed by atoms with Gasteiger partial charge in [0.05, 0.1) is 34.0 Å². The first-order chi connectivity index (χ1) is 17.9. The van der Waals surface area contributed by atoms with Gasteiger partial charge in [-0.05, 0) is 17.5 Å². The van der Waals surface area contributed by atoms with Crippen LogP contribution in [0.2, 0.25) is 0 Å². The molecule has 0 spiro atoms. The number of benzene rings is 2. The van der Waals surface area contributed by atoms with Crippen molar-refractivity contribution in [3.63, 3.8) is 0 Å². The molecule has 0 heterocycles. The zero-order valence-electron chi connectivity index (χ0n) is 21.3. The lowest BCUT2D eigenvalue weighted by molar-refractivity contribution is -0.135. The maximum atomic E-state index is 11.9. The summed E-state index contributed by atoms with van der Waals surface area (Å²) in [5.74, 6) is 3.79. The Labute approximate surface area is 218 Å². The van der Waals surface area contributed by atoms with Gasteiger partial charge in [-0.15, -0.1) is 0 Å². The van der Waals surface area contributed by atoms with E-state index in [-0.39, 0.29) is 6.67 Å². The van der Waals surface area contributed by atoms with E-state index in [4.69, 9.17) is 14.2 Å². The van der Waals surface area contributed by atoms with Crippen LogP contribution in [0.1, 0.15) is 11.1 Å². The third-order valence-corrected chi connectivity index (χ3v) is 5.30. The summed E-state index contributed by atoms with van der Waals surface area (Å²) < 4.78 is 14.2. The van der Waals surface area contributed by atoms with E-state index in [1.54, 1.807) is 12.4 Å². The molecule has 8 nitrogen and oxygen atoms in total. The maximum absolute atomic E-state index is 11.9. The molecule has 0 radical (unpaired) electrons. The van der Waals surface area contributed by atoms with E-state index in [2.05, 4.69) is 11.8 Å². The fraction of sp³-hybridized carbons (Fsp3) is 0.276. The van der Waals surface area contributed by atoms with Crippen molar-refractivity contribution >= 4 is 17.9 Å². The molecule has 0 aliphatic rings. The monoisotopic (exact) mass is 504 g/mol. The van der Waals surface area contributed by atoms with Crippen LogP contribution in [0, 0.1) is 11.8 Å². The van der Waals surface area contributed by atoms with Crippen molar-refractivity contribution in [2.45, 2.75) is 18.9 Å². The molecule has 0 N–H and O–H groups in total. The van der Waals surface area contributed by atoms with Crippen LogP contribution in [0.5, 0.6) is 0 Å². The fourth-order valence-electron chi connectivity index (χ4n) is 3.31. The number of ether oxygens (including phenoxy) is 3. The van der Waals surface area contributed by atoms with Crippen molar-refractivity contribution in [1.29, 1.82) is 0 Å². The first-order valence-electron chi connectivity index (χ1n) is 11.6. The molecule has 0 bridgehead atoms. The van der Waals surface area contributed by atoms with Crippen molar-refractivity contribution in [3.8, 4) is 11.8 Å². The Morgan fingerprint density at radius 3 is 1.95 bits per heavy atom. The smallest absolute Gasteiger partial charge is 0.384 e. The predicted octanol–water partition coefficient (Wildman–Crippen LogP) is 2.95. The van der Waals surface area contributed by atoms with E-state index in [0.29, 0.717) is 19.4 Å². The van der Waals surface area contributed by atoms with Crippen LogP contribution in [-0.4, -0.2) is 68.3 Å². The van der Waals surface area contributed by atoms with Crippen LogP contribution < -0.4 is 0 Å². The summed E-state index contributed by atoms with van der Waals surface area (Å²) in [5, 5.41) is 0. The number of hydrogen-bond donors (Lipinski definition) is 0. The zero-order chi connectivity index (χ0) is 26.9. The number of carbonyl (C=O) groups is 3. The lowest BCUT2D eigenvalue weighted by Crippen LogP contribution is -2.40. The van der Waals surface area contributed by atoms with Gasteiger partial charge in [-0.2, -0.15) is 0 Å². The van der Waals surface area contributed by atoms with Crippen molar-refractivity contribution in [2.24, 2.45) is 0 Å². The molecule has 2 aromatic carbocycles. The third-order valence-electron chi connectivity index (χ3n) is 5.30. The van der Waals surface area contributed by atoms with Gasteiger partial charge in [-0.3, -0.25) is 0 Å². The minimum atomic E-state index is -0.665. The van der Waals surface area contributed by atoms with E-state index >= 15 is 0 Å². The summed E-state index contributed by atoms with van der Waals surface area (Å²) in [6.07, 6.45) is 7.01. The van der Waals surface area contributed by atoms with Crippen LogP contribution >= 0.6 is 0 Å². The van der Waals surface area contributed by atoms with Crippen LogP contribution in [0.25, 0.3) is 0 Å². The summed E-state index contributed by atoms with van der Waals surface area (Å²) in [7, 11) is 3.87. The first kappa shape index (κ1) is 28.7. The van der Waals surface area contributed by atoms with Crippen molar-refractivity contribution in [1.82, 2.24) is 9.80 Å². The summed E-state index contributed by atoms with van der Waals surface area (Å²) in [5.41, 5.74) is 2.12. The van der Waals surface area contributed by atoms with Crippen molar-refractivity contribution in [2.75, 3.05) is 34.5 Å². The number of carbonyl (C=O) groups excluding carboxylic acids is 3. The van der Waals surface area contributed by atoms with E-state index in [9.17, 15) is 14.4 Å². The second-order valence-electron chi connectivity index (χ2n) is 7.85. The largest absolute Gasteiger partial charge is 0.466 e. The highest BCUT2D eigenvalue weighted by atomic mass is 16.5.